The molecule has 0 radical (unpaired) electrons. The second-order valence-electron chi connectivity index (χ2n) is 4.38. The number of likely N-dealkylation sites (tertiary alicyclic amines) is 1. The lowest BCUT2D eigenvalue weighted by molar-refractivity contribution is 0.141. The van der Waals surface area contributed by atoms with E-state index in [2.05, 4.69) is 15.3 Å². The highest BCUT2D eigenvalue weighted by Crippen LogP contribution is 2.20. The second kappa shape index (κ2) is 6.30. The van der Waals surface area contributed by atoms with Crippen LogP contribution < -0.4 is 5.32 Å². The van der Waals surface area contributed by atoms with Gasteiger partial charge in [0.15, 0.2) is 5.82 Å². The topological polar surface area (TPSA) is 78.4 Å². The molecule has 18 heavy (non-hydrogen) atoms. The van der Waals surface area contributed by atoms with Crippen LogP contribution in [-0.2, 0) is 0 Å². The van der Waals surface area contributed by atoms with Gasteiger partial charge in [0.2, 0.25) is 0 Å². The summed E-state index contributed by atoms with van der Waals surface area (Å²) in [5.74, 6) is 0.454. The summed E-state index contributed by atoms with van der Waals surface area (Å²) in [4.78, 5) is 21.8. The van der Waals surface area contributed by atoms with Gasteiger partial charge in [-0.3, -0.25) is 10.3 Å². The Labute approximate surface area is 106 Å². The van der Waals surface area contributed by atoms with Gasteiger partial charge in [0.25, 0.3) is 0 Å². The number of hydrogen-bond acceptors (Lipinski definition) is 4. The van der Waals surface area contributed by atoms with Crippen LogP contribution in [0.4, 0.5) is 10.6 Å². The molecule has 0 aromatic carbocycles. The number of aromatic nitrogens is 2. The molecule has 2 amide bonds. The first-order valence-electron chi connectivity index (χ1n) is 6.26. The molecule has 2 N–H and O–H groups in total. The number of hydrogen-bond donors (Lipinski definition) is 2. The van der Waals surface area contributed by atoms with Gasteiger partial charge in [-0.05, 0) is 25.7 Å². The number of anilines is 1. The predicted octanol–water partition coefficient (Wildman–Crippen LogP) is 1.25. The average molecular weight is 250 g/mol. The monoisotopic (exact) mass is 250 g/mol. The molecule has 1 atom stereocenters. The Hall–Kier alpha value is -1.69. The highest BCUT2D eigenvalue weighted by Gasteiger charge is 2.26. The Morgan fingerprint density at radius 1 is 1.50 bits per heavy atom. The molecule has 0 bridgehead atoms. The van der Waals surface area contributed by atoms with Crippen LogP contribution in [0.1, 0.15) is 25.7 Å². The van der Waals surface area contributed by atoms with Crippen molar-refractivity contribution in [1.82, 2.24) is 14.9 Å². The first-order valence-corrected chi connectivity index (χ1v) is 6.26. The minimum absolute atomic E-state index is 0.111. The Morgan fingerprint density at radius 3 is 3.11 bits per heavy atom. The van der Waals surface area contributed by atoms with Gasteiger partial charge < -0.3 is 10.0 Å². The summed E-state index contributed by atoms with van der Waals surface area (Å²) in [6.07, 6.45) is 8.32. The highest BCUT2D eigenvalue weighted by molar-refractivity contribution is 5.88. The van der Waals surface area contributed by atoms with Gasteiger partial charge in [-0.2, -0.15) is 0 Å². The third kappa shape index (κ3) is 3.16. The zero-order valence-corrected chi connectivity index (χ0v) is 10.2. The predicted molar refractivity (Wildman–Crippen MR) is 67.1 cm³/mol. The minimum atomic E-state index is -0.159. The van der Waals surface area contributed by atoms with Crippen LogP contribution >= 0.6 is 0 Å². The molecule has 2 heterocycles. The molecule has 1 aliphatic rings. The summed E-state index contributed by atoms with van der Waals surface area (Å²) >= 11 is 0. The number of nitrogens with zero attached hydrogens (tertiary/aromatic N) is 3. The summed E-state index contributed by atoms with van der Waals surface area (Å²) < 4.78 is 0. The fourth-order valence-electron chi connectivity index (χ4n) is 2.26. The fraction of sp³-hybridized carbons (Fsp3) is 0.583. The van der Waals surface area contributed by atoms with Crippen LogP contribution in [0.5, 0.6) is 0 Å². The molecule has 0 aliphatic carbocycles. The van der Waals surface area contributed by atoms with E-state index >= 15 is 0 Å². The van der Waals surface area contributed by atoms with Crippen molar-refractivity contribution in [1.29, 1.82) is 0 Å². The lowest BCUT2D eigenvalue weighted by Crippen LogP contribution is -2.46. The van der Waals surface area contributed by atoms with Crippen molar-refractivity contribution in [2.75, 3.05) is 18.5 Å². The van der Waals surface area contributed by atoms with Gasteiger partial charge in [-0.15, -0.1) is 0 Å². The second-order valence-corrected chi connectivity index (χ2v) is 4.38. The minimum Gasteiger partial charge on any atom is -0.396 e. The largest absolute Gasteiger partial charge is 0.396 e. The van der Waals surface area contributed by atoms with Crippen LogP contribution in [0.3, 0.4) is 0 Å². The molecule has 0 spiro atoms. The molecule has 1 fully saturated rings. The van der Waals surface area contributed by atoms with E-state index in [-0.39, 0.29) is 18.7 Å². The third-order valence-electron chi connectivity index (χ3n) is 3.15. The van der Waals surface area contributed by atoms with Crippen molar-refractivity contribution >= 4 is 11.8 Å². The van der Waals surface area contributed by atoms with Gasteiger partial charge in [0.05, 0.1) is 6.20 Å². The van der Waals surface area contributed by atoms with Crippen molar-refractivity contribution in [3.8, 4) is 0 Å². The maximum absolute atomic E-state index is 12.1. The maximum atomic E-state index is 12.1. The zero-order valence-electron chi connectivity index (χ0n) is 10.2. The number of nitrogens with one attached hydrogen (secondary N) is 1. The van der Waals surface area contributed by atoms with Gasteiger partial charge in [-0.25, -0.2) is 9.78 Å². The Balaban J connectivity index is 1.98. The summed E-state index contributed by atoms with van der Waals surface area (Å²) in [6, 6.07) is -0.0333. The van der Waals surface area contributed by atoms with Gasteiger partial charge in [0, 0.05) is 31.6 Å². The summed E-state index contributed by atoms with van der Waals surface area (Å²) in [5.41, 5.74) is 0. The lowest BCUT2D eigenvalue weighted by atomic mass is 10.0. The molecule has 1 aromatic rings. The fourth-order valence-corrected chi connectivity index (χ4v) is 2.26. The van der Waals surface area contributed by atoms with Crippen LogP contribution in [0.15, 0.2) is 18.6 Å². The van der Waals surface area contributed by atoms with Crippen molar-refractivity contribution in [3.63, 3.8) is 0 Å². The molecule has 6 nitrogen and oxygen atoms in total. The van der Waals surface area contributed by atoms with Crippen LogP contribution in [0.25, 0.3) is 0 Å². The van der Waals surface area contributed by atoms with E-state index in [1.165, 1.54) is 12.4 Å². The maximum Gasteiger partial charge on any atom is 0.323 e. The van der Waals surface area contributed by atoms with E-state index in [1.54, 1.807) is 11.1 Å². The molecule has 2 rings (SSSR count). The van der Waals surface area contributed by atoms with E-state index in [1.807, 2.05) is 0 Å². The van der Waals surface area contributed by atoms with Gasteiger partial charge in [-0.1, -0.05) is 0 Å². The van der Waals surface area contributed by atoms with Crippen LogP contribution in [-0.4, -0.2) is 45.2 Å². The number of rotatable bonds is 3. The number of aliphatic hydroxyl groups is 1. The van der Waals surface area contributed by atoms with E-state index < -0.39 is 0 Å². The number of aliphatic hydroxyl groups excluding tert-OH is 1. The van der Waals surface area contributed by atoms with Gasteiger partial charge in [0.1, 0.15) is 0 Å². The smallest absolute Gasteiger partial charge is 0.323 e. The Bertz CT molecular complexity index is 383. The number of urea groups is 1. The standard InChI is InChI=1S/C12H18N4O2/c17-8-4-10-3-1-2-7-16(10)12(18)15-11-9-13-5-6-14-11/h5-6,9-10,17H,1-4,7-8H2,(H,14,15,18). The first kappa shape index (κ1) is 12.8. The summed E-state index contributed by atoms with van der Waals surface area (Å²) in [7, 11) is 0. The summed E-state index contributed by atoms with van der Waals surface area (Å²) in [6.45, 7) is 0.844. The Morgan fingerprint density at radius 2 is 2.39 bits per heavy atom. The first-order chi connectivity index (χ1) is 8.81. The quantitative estimate of drug-likeness (QED) is 0.846. The van der Waals surface area contributed by atoms with Gasteiger partial charge >= 0.3 is 6.03 Å². The van der Waals surface area contributed by atoms with Crippen LogP contribution in [0.2, 0.25) is 0 Å². The van der Waals surface area contributed by atoms with Crippen molar-refractivity contribution < 1.29 is 9.90 Å². The van der Waals surface area contributed by atoms with E-state index in [9.17, 15) is 4.79 Å². The number of amides is 2. The molecule has 98 valence electrons. The molecule has 0 saturated carbocycles. The number of piperidine rings is 1. The highest BCUT2D eigenvalue weighted by atomic mass is 16.3. The Kier molecular flexibility index (Phi) is 4.46. The molecule has 1 saturated heterocycles. The molecule has 1 aliphatic heterocycles. The zero-order chi connectivity index (χ0) is 12.8. The molecular formula is C12H18N4O2. The molecular weight excluding hydrogens is 232 g/mol. The third-order valence-corrected chi connectivity index (χ3v) is 3.15. The lowest BCUT2D eigenvalue weighted by Gasteiger charge is -2.35. The molecule has 1 aromatic heterocycles. The average Bonchev–Trinajstić information content (AvgIpc) is 2.41. The number of carbonyl (C=O) groups excluding carboxylic acids is 1. The molecule has 1 unspecified atom stereocenters. The van der Waals surface area contributed by atoms with E-state index in [0.717, 1.165) is 25.8 Å². The SMILES string of the molecule is O=C(Nc1cnccn1)N1CCCCC1CCO. The van der Waals surface area contributed by atoms with E-state index in [0.29, 0.717) is 12.2 Å². The normalized spacial score (nSPS) is 19.6. The number of carbonyl (C=O) groups is 1. The molecule has 6 heteroatoms. The van der Waals surface area contributed by atoms with Crippen molar-refractivity contribution in [2.24, 2.45) is 0 Å². The van der Waals surface area contributed by atoms with E-state index in [4.69, 9.17) is 5.11 Å². The van der Waals surface area contributed by atoms with Crippen LogP contribution in [0, 0.1) is 0 Å². The summed E-state index contributed by atoms with van der Waals surface area (Å²) in [5, 5.41) is 11.8. The van der Waals surface area contributed by atoms with Crippen molar-refractivity contribution in [2.45, 2.75) is 31.7 Å². The van der Waals surface area contributed by atoms with Crippen molar-refractivity contribution in [3.05, 3.63) is 18.6 Å².